The summed E-state index contributed by atoms with van der Waals surface area (Å²) in [4.78, 5) is 0. The van der Waals surface area contributed by atoms with Gasteiger partial charge in [0.25, 0.3) is 0 Å². The number of hydrogen-bond acceptors (Lipinski definition) is 0. The van der Waals surface area contributed by atoms with Crippen molar-refractivity contribution in [1.82, 2.24) is 0 Å². The lowest BCUT2D eigenvalue weighted by Gasteiger charge is -2.24. The quantitative estimate of drug-likeness (QED) is 0.614. The van der Waals surface area contributed by atoms with Crippen LogP contribution in [0.15, 0.2) is 18.2 Å². The highest BCUT2D eigenvalue weighted by molar-refractivity contribution is 6.21. The van der Waals surface area contributed by atoms with E-state index in [-0.39, 0.29) is 5.92 Å². The molecular weight excluding hydrogens is 254 g/mol. The maximum Gasteiger partial charge on any atom is 0.128 e. The number of rotatable bonds is 2. The predicted molar refractivity (Wildman–Crippen MR) is 70.8 cm³/mol. The molecule has 0 radical (unpaired) electrons. The lowest BCUT2D eigenvalue weighted by atomic mass is 9.86. The van der Waals surface area contributed by atoms with Crippen molar-refractivity contribution in [3.05, 3.63) is 35.4 Å². The van der Waals surface area contributed by atoms with Crippen molar-refractivity contribution in [3.63, 3.8) is 0 Å². The molecule has 0 heterocycles. The molecule has 0 bridgehead atoms. The molecule has 0 nitrogen and oxygen atoms in total. The van der Waals surface area contributed by atoms with Gasteiger partial charge in [-0.1, -0.05) is 32.1 Å². The number of benzene rings is 1. The first kappa shape index (κ1) is 13.8. The van der Waals surface area contributed by atoms with Gasteiger partial charge in [-0.05, 0) is 37.0 Å². The summed E-state index contributed by atoms with van der Waals surface area (Å²) in [6, 6.07) is 3.55. The average molecular weight is 273 g/mol. The fourth-order valence-electron chi connectivity index (χ4n) is 2.76. The fraction of sp³-hybridized carbons (Fsp3) is 0.600. The Morgan fingerprint density at radius 2 is 1.61 bits per heavy atom. The van der Waals surface area contributed by atoms with E-state index in [1.807, 2.05) is 0 Å². The first-order valence-corrected chi connectivity index (χ1v) is 7.21. The Morgan fingerprint density at radius 3 is 2.28 bits per heavy atom. The Morgan fingerprint density at radius 1 is 1.00 bits per heavy atom. The molecule has 1 aromatic carbocycles. The highest BCUT2D eigenvalue weighted by atomic mass is 35.5. The van der Waals surface area contributed by atoms with Crippen LogP contribution in [0.25, 0.3) is 0 Å². The highest BCUT2D eigenvalue weighted by Crippen LogP contribution is 2.38. The van der Waals surface area contributed by atoms with E-state index in [1.165, 1.54) is 31.4 Å². The minimum atomic E-state index is -0.414. The molecule has 2 rings (SSSR count). The third-order valence-electron chi connectivity index (χ3n) is 3.82. The Hall–Kier alpha value is -0.630. The molecule has 0 aromatic heterocycles. The second kappa shape index (κ2) is 6.51. The van der Waals surface area contributed by atoms with E-state index in [9.17, 15) is 8.78 Å². The van der Waals surface area contributed by atoms with Crippen LogP contribution in [0.5, 0.6) is 0 Å². The molecule has 0 spiro atoms. The summed E-state index contributed by atoms with van der Waals surface area (Å²) >= 11 is 6.38. The SMILES string of the molecule is Fc1ccc(F)c(C(Cl)C2CCCCCCC2)c1. The molecule has 1 aliphatic rings. The van der Waals surface area contributed by atoms with Gasteiger partial charge in [-0.2, -0.15) is 0 Å². The van der Waals surface area contributed by atoms with Crippen molar-refractivity contribution in [2.24, 2.45) is 5.92 Å². The van der Waals surface area contributed by atoms with E-state index in [1.54, 1.807) is 0 Å². The van der Waals surface area contributed by atoms with Crippen molar-refractivity contribution >= 4 is 11.6 Å². The molecule has 1 aromatic rings. The first-order chi connectivity index (χ1) is 8.68. The lowest BCUT2D eigenvalue weighted by molar-refractivity contribution is 0.363. The zero-order valence-electron chi connectivity index (χ0n) is 10.5. The van der Waals surface area contributed by atoms with Crippen LogP contribution in [-0.4, -0.2) is 0 Å². The molecule has 0 amide bonds. The van der Waals surface area contributed by atoms with E-state index in [4.69, 9.17) is 11.6 Å². The summed E-state index contributed by atoms with van der Waals surface area (Å²) in [6.45, 7) is 0. The molecule has 0 saturated heterocycles. The van der Waals surface area contributed by atoms with Crippen LogP contribution >= 0.6 is 11.6 Å². The van der Waals surface area contributed by atoms with Crippen LogP contribution in [0.4, 0.5) is 8.78 Å². The average Bonchev–Trinajstić information content (AvgIpc) is 2.31. The second-order valence-electron chi connectivity index (χ2n) is 5.17. The van der Waals surface area contributed by atoms with Crippen molar-refractivity contribution in [2.45, 2.75) is 50.3 Å². The van der Waals surface area contributed by atoms with Gasteiger partial charge in [0.1, 0.15) is 11.6 Å². The summed E-state index contributed by atoms with van der Waals surface area (Å²) in [5, 5.41) is -0.404. The van der Waals surface area contributed by atoms with Gasteiger partial charge in [0, 0.05) is 5.56 Å². The summed E-state index contributed by atoms with van der Waals surface area (Å²) in [5.74, 6) is -0.537. The molecule has 0 N–H and O–H groups in total. The summed E-state index contributed by atoms with van der Waals surface area (Å²) in [5.41, 5.74) is 0.322. The zero-order chi connectivity index (χ0) is 13.0. The number of halogens is 3. The van der Waals surface area contributed by atoms with Crippen molar-refractivity contribution in [2.75, 3.05) is 0 Å². The van der Waals surface area contributed by atoms with Crippen LogP contribution in [0, 0.1) is 17.6 Å². The number of alkyl halides is 1. The normalized spacial score (nSPS) is 20.2. The van der Waals surface area contributed by atoms with E-state index in [0.29, 0.717) is 5.56 Å². The third-order valence-corrected chi connectivity index (χ3v) is 4.41. The Balaban J connectivity index is 2.12. The molecule has 3 heteroatoms. The maximum absolute atomic E-state index is 13.7. The van der Waals surface area contributed by atoms with Crippen molar-refractivity contribution in [3.8, 4) is 0 Å². The molecule has 1 unspecified atom stereocenters. The molecular formula is C15H19ClF2. The Bertz CT molecular complexity index is 384. The largest absolute Gasteiger partial charge is 0.207 e. The molecule has 100 valence electrons. The fourth-order valence-corrected chi connectivity index (χ4v) is 3.18. The van der Waals surface area contributed by atoms with Crippen LogP contribution in [0.3, 0.4) is 0 Å². The maximum atomic E-state index is 13.7. The van der Waals surface area contributed by atoms with E-state index >= 15 is 0 Å². The summed E-state index contributed by atoms with van der Waals surface area (Å²) in [7, 11) is 0. The monoisotopic (exact) mass is 272 g/mol. The van der Waals surface area contributed by atoms with Crippen molar-refractivity contribution in [1.29, 1.82) is 0 Å². The smallest absolute Gasteiger partial charge is 0.128 e. The zero-order valence-corrected chi connectivity index (χ0v) is 11.2. The molecule has 18 heavy (non-hydrogen) atoms. The van der Waals surface area contributed by atoms with Crippen LogP contribution < -0.4 is 0 Å². The predicted octanol–water partition coefficient (Wildman–Crippen LogP) is 5.61. The standard InChI is InChI=1S/C15H19ClF2/c16-15(11-6-4-2-1-3-5-7-11)13-10-12(17)8-9-14(13)18/h8-11,15H,1-7H2. The van der Waals surface area contributed by atoms with Crippen LogP contribution in [0.1, 0.15) is 55.9 Å². The highest BCUT2D eigenvalue weighted by Gasteiger charge is 2.24. The van der Waals surface area contributed by atoms with Gasteiger partial charge in [-0.25, -0.2) is 8.78 Å². The van der Waals surface area contributed by atoms with Crippen LogP contribution in [0.2, 0.25) is 0 Å². The minimum absolute atomic E-state index is 0.267. The number of hydrogen-bond donors (Lipinski definition) is 0. The van der Waals surface area contributed by atoms with E-state index < -0.39 is 17.0 Å². The topological polar surface area (TPSA) is 0 Å². The van der Waals surface area contributed by atoms with Gasteiger partial charge < -0.3 is 0 Å². The van der Waals surface area contributed by atoms with Crippen molar-refractivity contribution < 1.29 is 8.78 Å². The van der Waals surface area contributed by atoms with Gasteiger partial charge in [0.15, 0.2) is 0 Å². The molecule has 1 aliphatic carbocycles. The van der Waals surface area contributed by atoms with Gasteiger partial charge in [-0.3, -0.25) is 0 Å². The Kier molecular flexibility index (Phi) is 4.99. The summed E-state index contributed by atoms with van der Waals surface area (Å²) in [6.07, 6.45) is 8.06. The third kappa shape index (κ3) is 3.44. The van der Waals surface area contributed by atoms with Crippen LogP contribution in [-0.2, 0) is 0 Å². The van der Waals surface area contributed by atoms with Gasteiger partial charge in [0.2, 0.25) is 0 Å². The first-order valence-electron chi connectivity index (χ1n) is 6.77. The molecule has 1 atom stereocenters. The minimum Gasteiger partial charge on any atom is -0.207 e. The van der Waals surface area contributed by atoms with Gasteiger partial charge in [-0.15, -0.1) is 11.6 Å². The van der Waals surface area contributed by atoms with Gasteiger partial charge >= 0.3 is 0 Å². The van der Waals surface area contributed by atoms with E-state index in [2.05, 4.69) is 0 Å². The molecule has 0 aliphatic heterocycles. The van der Waals surface area contributed by atoms with E-state index in [0.717, 1.165) is 31.7 Å². The Labute approximate surface area is 112 Å². The second-order valence-corrected chi connectivity index (χ2v) is 5.64. The van der Waals surface area contributed by atoms with Gasteiger partial charge in [0.05, 0.1) is 5.38 Å². The summed E-state index contributed by atoms with van der Waals surface area (Å²) < 4.78 is 26.9. The lowest BCUT2D eigenvalue weighted by Crippen LogP contribution is -2.12. The molecule has 1 fully saturated rings. The molecule has 1 saturated carbocycles.